The van der Waals surface area contributed by atoms with Crippen LogP contribution in [0.25, 0.3) is 0 Å². The Hall–Kier alpha value is -3.85. The average molecular weight is 535 g/mol. The summed E-state index contributed by atoms with van der Waals surface area (Å²) in [5, 5.41) is 32.3. The highest BCUT2D eigenvalue weighted by Gasteiger charge is 2.71. The minimum absolute atomic E-state index is 0.00425. The first-order chi connectivity index (χ1) is 18.7. The van der Waals surface area contributed by atoms with Crippen molar-refractivity contribution in [3.05, 3.63) is 71.0 Å². The van der Waals surface area contributed by atoms with Crippen molar-refractivity contribution >= 4 is 17.9 Å². The quantitative estimate of drug-likeness (QED) is 0.454. The van der Waals surface area contributed by atoms with Gasteiger partial charge in [-0.15, -0.1) is 0 Å². The number of aromatic hydroxyl groups is 1. The van der Waals surface area contributed by atoms with Crippen LogP contribution in [0.5, 0.6) is 11.5 Å². The number of carbonyl (C=O) groups excluding carboxylic acids is 2. The Bertz CT molecular complexity index is 1380. The van der Waals surface area contributed by atoms with Crippen molar-refractivity contribution < 1.29 is 43.9 Å². The fourth-order valence-corrected chi connectivity index (χ4v) is 7.28. The molecule has 0 saturated heterocycles. The topological polar surface area (TPSA) is 140 Å². The lowest BCUT2D eigenvalue weighted by molar-refractivity contribution is -0.171. The first-order valence-corrected chi connectivity index (χ1v) is 13.3. The van der Waals surface area contributed by atoms with Crippen LogP contribution in [0.2, 0.25) is 0 Å². The molecule has 3 N–H and O–H groups in total. The zero-order valence-corrected chi connectivity index (χ0v) is 21.5. The smallest absolute Gasteiger partial charge is 0.349 e. The molecule has 1 heterocycles. The van der Waals surface area contributed by atoms with E-state index in [1.54, 1.807) is 42.5 Å². The number of rotatable bonds is 7. The molecule has 2 bridgehead atoms. The van der Waals surface area contributed by atoms with Crippen molar-refractivity contribution in [3.63, 3.8) is 0 Å². The van der Waals surface area contributed by atoms with E-state index < -0.39 is 41.1 Å². The predicted molar refractivity (Wildman–Crippen MR) is 136 cm³/mol. The second-order valence-corrected chi connectivity index (χ2v) is 11.1. The van der Waals surface area contributed by atoms with Crippen molar-refractivity contribution in [1.82, 2.24) is 0 Å². The molecule has 0 aromatic heterocycles. The highest BCUT2D eigenvalue weighted by molar-refractivity contribution is 5.82. The second-order valence-electron chi connectivity index (χ2n) is 11.1. The number of phenols is 1. The summed E-state index contributed by atoms with van der Waals surface area (Å²) in [6.45, 7) is 2.15. The lowest BCUT2D eigenvalue weighted by Crippen LogP contribution is -2.69. The molecule has 6 rings (SSSR count). The monoisotopic (exact) mass is 534 g/mol. The molecule has 0 amide bonds. The summed E-state index contributed by atoms with van der Waals surface area (Å²) in [6, 6.07) is 11.6. The molecule has 1 unspecified atom stereocenters. The minimum Gasteiger partial charge on any atom is -0.504 e. The van der Waals surface area contributed by atoms with Crippen LogP contribution in [0.4, 0.5) is 0 Å². The number of aliphatic hydroxyl groups is 1. The second kappa shape index (κ2) is 9.12. The van der Waals surface area contributed by atoms with Crippen LogP contribution in [-0.4, -0.2) is 44.9 Å². The van der Waals surface area contributed by atoms with Crippen LogP contribution in [0.3, 0.4) is 0 Å². The standard InChI is InChI=1S/C30H30O9/c1-16-11-13-29-24-18-7-8-20(31)26(24)39-27(29)21(12-14-30(29,36)19(16)15-18)37-22(32)9-10-23(33)38-25(28(34)35)17-5-3-2-4-6-17/h2-8,12,16,19,25,27,31,36H,9-11,13-15H2,1H3,(H,34,35)/t16?,19-,25-,27-,29-,30+/m0/s1. The molecule has 2 aromatic carbocycles. The average Bonchev–Trinajstić information content (AvgIpc) is 3.28. The molecule has 9 nitrogen and oxygen atoms in total. The number of phenolic OH excluding ortho intramolecular Hbond substituents is 1. The maximum atomic E-state index is 12.8. The van der Waals surface area contributed by atoms with Gasteiger partial charge in [0.15, 0.2) is 17.6 Å². The molecule has 3 aliphatic carbocycles. The van der Waals surface area contributed by atoms with Gasteiger partial charge in [0, 0.05) is 11.1 Å². The molecule has 6 atom stereocenters. The number of ether oxygens (including phenoxy) is 3. The Labute approximate surface area is 225 Å². The van der Waals surface area contributed by atoms with Crippen LogP contribution >= 0.6 is 0 Å². The molecule has 0 radical (unpaired) electrons. The Morgan fingerprint density at radius 1 is 1.10 bits per heavy atom. The summed E-state index contributed by atoms with van der Waals surface area (Å²) >= 11 is 0. The Morgan fingerprint density at radius 3 is 2.59 bits per heavy atom. The van der Waals surface area contributed by atoms with Gasteiger partial charge in [-0.05, 0) is 55.2 Å². The fraction of sp³-hybridized carbons (Fsp3) is 0.433. The largest absolute Gasteiger partial charge is 0.504 e. The Kier molecular flexibility index (Phi) is 5.95. The lowest BCUT2D eigenvalue weighted by Gasteiger charge is -2.61. The van der Waals surface area contributed by atoms with Gasteiger partial charge in [-0.2, -0.15) is 0 Å². The van der Waals surface area contributed by atoms with Gasteiger partial charge in [0.1, 0.15) is 5.76 Å². The van der Waals surface area contributed by atoms with Crippen LogP contribution in [0, 0.1) is 11.8 Å². The van der Waals surface area contributed by atoms with Gasteiger partial charge in [0.05, 0.1) is 23.9 Å². The third-order valence-corrected chi connectivity index (χ3v) is 9.07. The minimum atomic E-state index is -1.48. The number of hydrogen-bond donors (Lipinski definition) is 3. The molecule has 9 heteroatoms. The van der Waals surface area contributed by atoms with E-state index in [2.05, 4.69) is 6.92 Å². The van der Waals surface area contributed by atoms with Gasteiger partial charge in [0.25, 0.3) is 0 Å². The van der Waals surface area contributed by atoms with Crippen LogP contribution < -0.4 is 4.74 Å². The van der Waals surface area contributed by atoms with E-state index in [1.165, 1.54) is 0 Å². The number of carboxylic acid groups (broad SMARTS) is 1. The highest BCUT2D eigenvalue weighted by atomic mass is 16.6. The Balaban J connectivity index is 1.19. The van der Waals surface area contributed by atoms with Crippen LogP contribution in [0.1, 0.15) is 61.8 Å². The summed E-state index contributed by atoms with van der Waals surface area (Å²) in [5.74, 6) is -2.01. The molecule has 39 heavy (non-hydrogen) atoms. The van der Waals surface area contributed by atoms with E-state index in [0.717, 1.165) is 17.5 Å². The number of benzene rings is 2. The number of aliphatic carboxylic acids is 1. The van der Waals surface area contributed by atoms with Gasteiger partial charge < -0.3 is 29.5 Å². The summed E-state index contributed by atoms with van der Waals surface area (Å²) in [5.41, 5.74) is 0.203. The SMILES string of the molecule is CC1CC[C@]23c4c5ccc(O)c4O[C@H]2C(OC(=O)CCC(=O)O[C@H](C(=O)O)c2ccccc2)=CC[C@@]3(O)[C@H]1C5. The molecule has 4 aliphatic rings. The van der Waals surface area contributed by atoms with E-state index >= 15 is 0 Å². The van der Waals surface area contributed by atoms with Gasteiger partial charge in [-0.3, -0.25) is 9.59 Å². The molecule has 1 fully saturated rings. The van der Waals surface area contributed by atoms with Crippen molar-refractivity contribution in [2.24, 2.45) is 11.8 Å². The van der Waals surface area contributed by atoms with Gasteiger partial charge in [-0.25, -0.2) is 4.79 Å². The molecule has 1 aliphatic heterocycles. The molecule has 1 spiro atoms. The number of carboxylic acids is 1. The maximum absolute atomic E-state index is 12.8. The Morgan fingerprint density at radius 2 is 1.85 bits per heavy atom. The van der Waals surface area contributed by atoms with Crippen LogP contribution in [0.15, 0.2) is 54.3 Å². The highest BCUT2D eigenvalue weighted by Crippen LogP contribution is 2.68. The van der Waals surface area contributed by atoms with E-state index in [1.807, 2.05) is 6.07 Å². The summed E-state index contributed by atoms with van der Waals surface area (Å²) in [6.07, 6.45) is 1.16. The fourth-order valence-electron chi connectivity index (χ4n) is 7.28. The van der Waals surface area contributed by atoms with Crippen LogP contribution in [-0.2, 0) is 35.7 Å². The first-order valence-electron chi connectivity index (χ1n) is 13.3. The summed E-state index contributed by atoms with van der Waals surface area (Å²) < 4.78 is 17.1. The summed E-state index contributed by atoms with van der Waals surface area (Å²) in [4.78, 5) is 36.9. The summed E-state index contributed by atoms with van der Waals surface area (Å²) in [7, 11) is 0. The van der Waals surface area contributed by atoms with Gasteiger partial charge in [0.2, 0.25) is 6.10 Å². The number of carbonyl (C=O) groups is 3. The van der Waals surface area contributed by atoms with Gasteiger partial charge in [-0.1, -0.05) is 43.3 Å². The van der Waals surface area contributed by atoms with E-state index in [4.69, 9.17) is 14.2 Å². The van der Waals surface area contributed by atoms with E-state index in [9.17, 15) is 29.7 Å². The van der Waals surface area contributed by atoms with E-state index in [0.29, 0.717) is 30.1 Å². The molecular formula is C30H30O9. The molecule has 204 valence electrons. The van der Waals surface area contributed by atoms with E-state index in [-0.39, 0.29) is 36.7 Å². The maximum Gasteiger partial charge on any atom is 0.349 e. The molecule has 1 saturated carbocycles. The third kappa shape index (κ3) is 3.74. The van der Waals surface area contributed by atoms with Crippen molar-refractivity contribution in [2.45, 2.75) is 68.7 Å². The van der Waals surface area contributed by atoms with Gasteiger partial charge >= 0.3 is 17.9 Å². The predicted octanol–water partition coefficient (Wildman–Crippen LogP) is 3.70. The van der Waals surface area contributed by atoms with Crippen molar-refractivity contribution in [3.8, 4) is 11.5 Å². The zero-order chi connectivity index (χ0) is 27.5. The normalized spacial score (nSPS) is 30.3. The van der Waals surface area contributed by atoms with Crippen molar-refractivity contribution in [2.75, 3.05) is 0 Å². The molecule has 2 aromatic rings. The first kappa shape index (κ1) is 25.4. The number of hydrogen-bond acceptors (Lipinski definition) is 8. The lowest BCUT2D eigenvalue weighted by atomic mass is 9.45. The van der Waals surface area contributed by atoms with Crippen molar-refractivity contribution in [1.29, 1.82) is 0 Å². The molecular weight excluding hydrogens is 504 g/mol. The third-order valence-electron chi connectivity index (χ3n) is 9.07. The zero-order valence-electron chi connectivity index (χ0n) is 21.5. The number of esters is 2.